The van der Waals surface area contributed by atoms with Crippen molar-refractivity contribution in [2.45, 2.75) is 13.3 Å². The molecule has 1 aromatic carbocycles. The number of rotatable bonds is 7. The maximum atomic E-state index is 12.1. The van der Waals surface area contributed by atoms with Gasteiger partial charge in [-0.3, -0.25) is 9.59 Å². The van der Waals surface area contributed by atoms with Gasteiger partial charge in [0.05, 0.1) is 11.3 Å². The second-order valence-electron chi connectivity index (χ2n) is 5.87. The van der Waals surface area contributed by atoms with Crippen molar-refractivity contribution >= 4 is 23.3 Å². The van der Waals surface area contributed by atoms with E-state index in [1.165, 1.54) is 0 Å². The molecule has 0 unspecified atom stereocenters. The van der Waals surface area contributed by atoms with Crippen molar-refractivity contribution in [3.8, 4) is 5.75 Å². The number of hydrogen-bond acceptors (Lipinski definition) is 5. The number of pyridine rings is 1. The van der Waals surface area contributed by atoms with E-state index < -0.39 is 0 Å². The molecule has 7 nitrogen and oxygen atoms in total. The van der Waals surface area contributed by atoms with Crippen LogP contribution in [0.1, 0.15) is 23.7 Å². The molecule has 1 aromatic heterocycles. The highest BCUT2D eigenvalue weighted by atomic mass is 16.5. The first-order valence-corrected chi connectivity index (χ1v) is 8.69. The van der Waals surface area contributed by atoms with Gasteiger partial charge in [0.15, 0.2) is 6.61 Å². The van der Waals surface area contributed by atoms with Crippen LogP contribution >= 0.6 is 0 Å². The van der Waals surface area contributed by atoms with Gasteiger partial charge < -0.3 is 20.3 Å². The average molecular weight is 354 g/mol. The number of ether oxygens (including phenoxy) is 1. The third-order valence-electron chi connectivity index (χ3n) is 4.04. The van der Waals surface area contributed by atoms with E-state index >= 15 is 0 Å². The van der Waals surface area contributed by atoms with Gasteiger partial charge in [-0.1, -0.05) is 12.1 Å². The zero-order chi connectivity index (χ0) is 18.4. The molecule has 2 aromatic rings. The number of benzene rings is 1. The lowest BCUT2D eigenvalue weighted by Gasteiger charge is -2.29. The summed E-state index contributed by atoms with van der Waals surface area (Å²) in [5.41, 5.74) is 1.35. The Morgan fingerprint density at radius 3 is 2.88 bits per heavy atom. The topological polar surface area (TPSA) is 83.6 Å². The molecular formula is C19H22N4O3. The van der Waals surface area contributed by atoms with Crippen LogP contribution in [0.4, 0.5) is 11.5 Å². The summed E-state index contributed by atoms with van der Waals surface area (Å²) in [7, 11) is 0. The fraction of sp³-hybridized carbons (Fsp3) is 0.316. The second kappa shape index (κ2) is 8.33. The Hall–Kier alpha value is -3.09. The van der Waals surface area contributed by atoms with Gasteiger partial charge in [0.2, 0.25) is 0 Å². The SMILES string of the molecule is CCNC(=O)c1ccc(NCCCN2C(=O)COc3ccccc32)nc1. The third-order valence-corrected chi connectivity index (χ3v) is 4.04. The number of nitrogens with zero attached hydrogens (tertiary/aromatic N) is 2. The van der Waals surface area contributed by atoms with Gasteiger partial charge in [-0.15, -0.1) is 0 Å². The lowest BCUT2D eigenvalue weighted by Crippen LogP contribution is -2.39. The Kier molecular flexibility index (Phi) is 5.68. The van der Waals surface area contributed by atoms with Gasteiger partial charge in [-0.25, -0.2) is 4.98 Å². The molecule has 2 heterocycles. The van der Waals surface area contributed by atoms with Gasteiger partial charge in [-0.2, -0.15) is 0 Å². The first-order valence-electron chi connectivity index (χ1n) is 8.69. The summed E-state index contributed by atoms with van der Waals surface area (Å²) in [6.07, 6.45) is 2.31. The van der Waals surface area contributed by atoms with Gasteiger partial charge in [0, 0.05) is 25.8 Å². The zero-order valence-electron chi connectivity index (χ0n) is 14.7. The van der Waals surface area contributed by atoms with Crippen molar-refractivity contribution in [1.29, 1.82) is 0 Å². The number of nitrogens with one attached hydrogen (secondary N) is 2. The van der Waals surface area contributed by atoms with Gasteiger partial charge >= 0.3 is 0 Å². The van der Waals surface area contributed by atoms with E-state index in [0.29, 0.717) is 31.0 Å². The largest absolute Gasteiger partial charge is 0.482 e. The standard InChI is InChI=1S/C19H22N4O3/c1-2-20-19(25)14-8-9-17(22-12-14)21-10-5-11-23-15-6-3-4-7-16(15)26-13-18(23)24/h3-4,6-9,12H,2,5,10-11,13H2,1H3,(H,20,25)(H,21,22). The minimum Gasteiger partial charge on any atom is -0.482 e. The fourth-order valence-electron chi connectivity index (χ4n) is 2.75. The number of fused-ring (bicyclic) bond motifs is 1. The Bertz CT molecular complexity index is 777. The predicted molar refractivity (Wildman–Crippen MR) is 99.6 cm³/mol. The maximum absolute atomic E-state index is 12.1. The predicted octanol–water partition coefficient (Wildman–Crippen LogP) is 2.06. The minimum atomic E-state index is -0.129. The molecule has 0 saturated heterocycles. The van der Waals surface area contributed by atoms with Crippen molar-refractivity contribution in [3.63, 3.8) is 0 Å². The first kappa shape index (κ1) is 17.7. The Morgan fingerprint density at radius 1 is 1.27 bits per heavy atom. The fourth-order valence-corrected chi connectivity index (χ4v) is 2.75. The molecular weight excluding hydrogens is 332 g/mol. The molecule has 2 N–H and O–H groups in total. The minimum absolute atomic E-state index is 0.0342. The highest BCUT2D eigenvalue weighted by Crippen LogP contribution is 2.31. The molecule has 2 amide bonds. The Balaban J connectivity index is 1.50. The van der Waals surface area contributed by atoms with E-state index in [-0.39, 0.29) is 18.4 Å². The maximum Gasteiger partial charge on any atom is 0.265 e. The Labute approximate surface area is 152 Å². The van der Waals surface area contributed by atoms with E-state index in [2.05, 4.69) is 15.6 Å². The summed E-state index contributed by atoms with van der Waals surface area (Å²) in [5, 5.41) is 5.94. The first-order chi connectivity index (χ1) is 12.7. The summed E-state index contributed by atoms with van der Waals surface area (Å²) in [6.45, 7) is 3.80. The molecule has 136 valence electrons. The zero-order valence-corrected chi connectivity index (χ0v) is 14.7. The number of anilines is 2. The second-order valence-corrected chi connectivity index (χ2v) is 5.87. The summed E-state index contributed by atoms with van der Waals surface area (Å²) in [4.78, 5) is 29.8. The van der Waals surface area contributed by atoms with Crippen LogP contribution in [-0.4, -0.2) is 43.0 Å². The number of amides is 2. The van der Waals surface area contributed by atoms with Crippen LogP contribution in [0.15, 0.2) is 42.6 Å². The van der Waals surface area contributed by atoms with Crippen LogP contribution in [0.2, 0.25) is 0 Å². The van der Waals surface area contributed by atoms with Crippen molar-refractivity contribution in [2.24, 2.45) is 0 Å². The summed E-state index contributed by atoms with van der Waals surface area (Å²) < 4.78 is 5.44. The monoisotopic (exact) mass is 354 g/mol. The summed E-state index contributed by atoms with van der Waals surface area (Å²) in [6, 6.07) is 11.1. The Morgan fingerprint density at radius 2 is 2.12 bits per heavy atom. The molecule has 7 heteroatoms. The van der Waals surface area contributed by atoms with Gasteiger partial charge in [0.1, 0.15) is 11.6 Å². The molecule has 0 radical (unpaired) electrons. The van der Waals surface area contributed by atoms with Crippen LogP contribution in [0.5, 0.6) is 5.75 Å². The molecule has 0 atom stereocenters. The van der Waals surface area contributed by atoms with E-state index in [9.17, 15) is 9.59 Å². The molecule has 0 bridgehead atoms. The molecule has 0 aliphatic carbocycles. The summed E-state index contributed by atoms with van der Waals surface area (Å²) in [5.74, 6) is 1.28. The van der Waals surface area contributed by atoms with E-state index in [1.54, 1.807) is 23.2 Å². The van der Waals surface area contributed by atoms with Crippen molar-refractivity contribution in [1.82, 2.24) is 10.3 Å². The molecule has 0 saturated carbocycles. The van der Waals surface area contributed by atoms with Crippen LogP contribution < -0.4 is 20.3 Å². The third kappa shape index (κ3) is 4.11. The van der Waals surface area contributed by atoms with Crippen LogP contribution in [0, 0.1) is 0 Å². The smallest absolute Gasteiger partial charge is 0.265 e. The van der Waals surface area contributed by atoms with Crippen molar-refractivity contribution < 1.29 is 14.3 Å². The van der Waals surface area contributed by atoms with E-state index in [1.807, 2.05) is 31.2 Å². The lowest BCUT2D eigenvalue weighted by molar-refractivity contribution is -0.121. The number of aromatic nitrogens is 1. The molecule has 26 heavy (non-hydrogen) atoms. The molecule has 1 aliphatic heterocycles. The molecule has 3 rings (SSSR count). The average Bonchev–Trinajstić information content (AvgIpc) is 2.67. The molecule has 0 fully saturated rings. The van der Waals surface area contributed by atoms with E-state index in [4.69, 9.17) is 4.74 Å². The normalized spacial score (nSPS) is 13.0. The summed E-state index contributed by atoms with van der Waals surface area (Å²) >= 11 is 0. The van der Waals surface area contributed by atoms with Crippen LogP contribution in [-0.2, 0) is 4.79 Å². The van der Waals surface area contributed by atoms with Gasteiger partial charge in [-0.05, 0) is 37.6 Å². The highest BCUT2D eigenvalue weighted by Gasteiger charge is 2.24. The van der Waals surface area contributed by atoms with Crippen molar-refractivity contribution in [3.05, 3.63) is 48.2 Å². The van der Waals surface area contributed by atoms with Gasteiger partial charge in [0.25, 0.3) is 11.8 Å². The quantitative estimate of drug-likeness (QED) is 0.744. The van der Waals surface area contributed by atoms with Crippen LogP contribution in [0.3, 0.4) is 0 Å². The van der Waals surface area contributed by atoms with Crippen LogP contribution in [0.25, 0.3) is 0 Å². The number of hydrogen-bond donors (Lipinski definition) is 2. The highest BCUT2D eigenvalue weighted by molar-refractivity contribution is 5.97. The number of carbonyl (C=O) groups is 2. The van der Waals surface area contributed by atoms with Crippen molar-refractivity contribution in [2.75, 3.05) is 36.5 Å². The number of para-hydroxylation sites is 2. The lowest BCUT2D eigenvalue weighted by atomic mass is 10.2. The number of carbonyl (C=O) groups excluding carboxylic acids is 2. The molecule has 0 spiro atoms. The molecule has 1 aliphatic rings. The van der Waals surface area contributed by atoms with E-state index in [0.717, 1.165) is 17.9 Å².